The predicted octanol–water partition coefficient (Wildman–Crippen LogP) is 4.99. The molecule has 0 radical (unpaired) electrons. The zero-order valence-electron chi connectivity index (χ0n) is 8.48. The molecular formula is C11H11BrCl2O. The van der Waals surface area contributed by atoms with Gasteiger partial charge in [0.05, 0.1) is 5.02 Å². The van der Waals surface area contributed by atoms with Crippen LogP contribution in [0.5, 0.6) is 5.75 Å². The van der Waals surface area contributed by atoms with Crippen molar-refractivity contribution in [3.05, 3.63) is 27.7 Å². The van der Waals surface area contributed by atoms with Gasteiger partial charge in [-0.2, -0.15) is 0 Å². The molecule has 1 atom stereocenters. The van der Waals surface area contributed by atoms with Crippen molar-refractivity contribution in [2.45, 2.75) is 30.7 Å². The lowest BCUT2D eigenvalue weighted by Gasteiger charge is -2.36. The molecule has 1 aromatic carbocycles. The predicted molar refractivity (Wildman–Crippen MR) is 67.5 cm³/mol. The summed E-state index contributed by atoms with van der Waals surface area (Å²) in [5.74, 6) is 0.749. The largest absolute Gasteiger partial charge is 0.486 e. The molecule has 1 aliphatic heterocycles. The summed E-state index contributed by atoms with van der Waals surface area (Å²) in [7, 11) is 0. The van der Waals surface area contributed by atoms with Crippen LogP contribution >= 0.6 is 39.1 Å². The maximum atomic E-state index is 6.11. The summed E-state index contributed by atoms with van der Waals surface area (Å²) in [5, 5.41) is 1.22. The number of ether oxygens (including phenoxy) is 1. The van der Waals surface area contributed by atoms with Crippen molar-refractivity contribution < 1.29 is 4.74 Å². The normalized spacial score (nSPS) is 23.1. The van der Waals surface area contributed by atoms with Crippen LogP contribution in [-0.2, 0) is 0 Å². The fraction of sp³-hybridized carbons (Fsp3) is 0.455. The van der Waals surface area contributed by atoms with Crippen LogP contribution in [0.4, 0.5) is 0 Å². The van der Waals surface area contributed by atoms with Crippen LogP contribution in [0.1, 0.15) is 30.7 Å². The van der Waals surface area contributed by atoms with E-state index in [1.165, 1.54) is 0 Å². The Labute approximate surface area is 108 Å². The molecule has 2 rings (SSSR count). The van der Waals surface area contributed by atoms with E-state index in [0.29, 0.717) is 10.0 Å². The van der Waals surface area contributed by atoms with Gasteiger partial charge >= 0.3 is 0 Å². The molecule has 0 N–H and O–H groups in total. The summed E-state index contributed by atoms with van der Waals surface area (Å²) in [5.41, 5.74) is 0.838. The first-order chi connectivity index (χ1) is 6.89. The third-order valence-corrected chi connectivity index (χ3v) is 3.74. The summed E-state index contributed by atoms with van der Waals surface area (Å²) in [6.07, 6.45) is 0.899. The smallest absolute Gasteiger partial charge is 0.143 e. The lowest BCUT2D eigenvalue weighted by Crippen LogP contribution is -2.33. The summed E-state index contributed by atoms with van der Waals surface area (Å²) in [4.78, 5) is 0.243. The molecule has 0 spiro atoms. The molecule has 1 heterocycles. The highest BCUT2D eigenvalue weighted by Gasteiger charge is 2.33. The minimum atomic E-state index is -0.196. The fourth-order valence-electron chi connectivity index (χ4n) is 1.78. The second-order valence-electron chi connectivity index (χ2n) is 4.34. The highest BCUT2D eigenvalue weighted by atomic mass is 79.9. The first-order valence-corrected chi connectivity index (χ1v) is 6.38. The first kappa shape index (κ1) is 11.6. The number of hydrogen-bond acceptors (Lipinski definition) is 1. The molecule has 1 unspecified atom stereocenters. The van der Waals surface area contributed by atoms with Crippen molar-refractivity contribution in [3.63, 3.8) is 0 Å². The van der Waals surface area contributed by atoms with Crippen molar-refractivity contribution >= 4 is 39.1 Å². The van der Waals surface area contributed by atoms with Gasteiger partial charge < -0.3 is 4.74 Å². The summed E-state index contributed by atoms with van der Waals surface area (Å²) >= 11 is 15.7. The maximum Gasteiger partial charge on any atom is 0.143 e. The van der Waals surface area contributed by atoms with Gasteiger partial charge in [0, 0.05) is 21.8 Å². The average Bonchev–Trinajstić information content (AvgIpc) is 2.06. The van der Waals surface area contributed by atoms with Crippen molar-refractivity contribution in [2.75, 3.05) is 0 Å². The van der Waals surface area contributed by atoms with Crippen LogP contribution in [0, 0.1) is 0 Å². The number of fused-ring (bicyclic) bond motifs is 1. The maximum absolute atomic E-state index is 6.11. The molecule has 0 amide bonds. The fourth-order valence-corrected chi connectivity index (χ4v) is 3.45. The molecule has 1 nitrogen and oxygen atoms in total. The van der Waals surface area contributed by atoms with Gasteiger partial charge in [0.25, 0.3) is 0 Å². The Kier molecular flexibility index (Phi) is 2.95. The Hall–Kier alpha value is 0.0800. The topological polar surface area (TPSA) is 9.23 Å². The highest BCUT2D eigenvalue weighted by molar-refractivity contribution is 9.09. The SMILES string of the molecule is CC1(C)CC(Br)c2cc(Cl)cc(Cl)c2O1. The van der Waals surface area contributed by atoms with Crippen LogP contribution in [-0.4, -0.2) is 5.60 Å². The van der Waals surface area contributed by atoms with Crippen LogP contribution in [0.25, 0.3) is 0 Å². The number of halogens is 3. The summed E-state index contributed by atoms with van der Waals surface area (Å²) in [6, 6.07) is 3.61. The van der Waals surface area contributed by atoms with E-state index in [0.717, 1.165) is 17.7 Å². The van der Waals surface area contributed by atoms with Crippen molar-refractivity contribution in [2.24, 2.45) is 0 Å². The quantitative estimate of drug-likeness (QED) is 0.613. The molecule has 15 heavy (non-hydrogen) atoms. The van der Waals surface area contributed by atoms with Gasteiger partial charge in [0.1, 0.15) is 11.4 Å². The van der Waals surface area contributed by atoms with E-state index in [-0.39, 0.29) is 10.4 Å². The average molecular weight is 310 g/mol. The third kappa shape index (κ3) is 2.27. The molecule has 0 fully saturated rings. The first-order valence-electron chi connectivity index (χ1n) is 4.71. The number of rotatable bonds is 0. The van der Waals surface area contributed by atoms with Gasteiger partial charge in [-0.05, 0) is 26.0 Å². The lowest BCUT2D eigenvalue weighted by molar-refractivity contribution is 0.0843. The van der Waals surface area contributed by atoms with E-state index in [2.05, 4.69) is 29.8 Å². The molecular weight excluding hydrogens is 299 g/mol. The Morgan fingerprint density at radius 3 is 2.73 bits per heavy atom. The van der Waals surface area contributed by atoms with E-state index in [1.807, 2.05) is 6.07 Å². The molecule has 1 aliphatic rings. The van der Waals surface area contributed by atoms with Crippen LogP contribution in [0.15, 0.2) is 12.1 Å². The Bertz CT molecular complexity index is 404. The zero-order chi connectivity index (χ0) is 11.2. The molecule has 1 aromatic rings. The monoisotopic (exact) mass is 308 g/mol. The Balaban J connectivity index is 2.55. The summed E-state index contributed by atoms with van der Waals surface area (Å²) < 4.78 is 5.85. The molecule has 0 saturated heterocycles. The van der Waals surface area contributed by atoms with Gasteiger partial charge in [-0.15, -0.1) is 0 Å². The lowest BCUT2D eigenvalue weighted by atomic mass is 9.94. The molecule has 82 valence electrons. The van der Waals surface area contributed by atoms with Gasteiger partial charge in [0.15, 0.2) is 0 Å². The van der Waals surface area contributed by atoms with Crippen LogP contribution in [0.3, 0.4) is 0 Å². The van der Waals surface area contributed by atoms with Crippen molar-refractivity contribution in [1.82, 2.24) is 0 Å². The number of benzene rings is 1. The van der Waals surface area contributed by atoms with Crippen LogP contribution in [0.2, 0.25) is 10.0 Å². The summed E-state index contributed by atoms with van der Waals surface area (Å²) in [6.45, 7) is 4.10. The third-order valence-electron chi connectivity index (χ3n) is 2.42. The molecule has 0 saturated carbocycles. The minimum absolute atomic E-state index is 0.196. The van der Waals surface area contributed by atoms with Crippen molar-refractivity contribution in [1.29, 1.82) is 0 Å². The van der Waals surface area contributed by atoms with E-state index in [1.54, 1.807) is 6.07 Å². The van der Waals surface area contributed by atoms with Crippen molar-refractivity contribution in [3.8, 4) is 5.75 Å². The molecule has 4 heteroatoms. The molecule has 0 bridgehead atoms. The molecule has 0 aliphatic carbocycles. The van der Waals surface area contributed by atoms with E-state index in [4.69, 9.17) is 27.9 Å². The second-order valence-corrected chi connectivity index (χ2v) is 6.29. The van der Waals surface area contributed by atoms with Gasteiger partial charge in [0.2, 0.25) is 0 Å². The molecule has 0 aromatic heterocycles. The Morgan fingerprint density at radius 1 is 1.40 bits per heavy atom. The van der Waals surface area contributed by atoms with E-state index in [9.17, 15) is 0 Å². The minimum Gasteiger partial charge on any atom is -0.486 e. The van der Waals surface area contributed by atoms with E-state index >= 15 is 0 Å². The van der Waals surface area contributed by atoms with Crippen LogP contribution < -0.4 is 4.74 Å². The van der Waals surface area contributed by atoms with Gasteiger partial charge in [-0.25, -0.2) is 0 Å². The zero-order valence-corrected chi connectivity index (χ0v) is 11.6. The van der Waals surface area contributed by atoms with Gasteiger partial charge in [-0.1, -0.05) is 39.1 Å². The standard InChI is InChI=1S/C11H11BrCl2O/c1-11(2)5-8(12)7-3-6(13)4-9(14)10(7)15-11/h3-4,8H,5H2,1-2H3. The Morgan fingerprint density at radius 2 is 2.07 bits per heavy atom. The number of hydrogen-bond donors (Lipinski definition) is 0. The highest BCUT2D eigenvalue weighted by Crippen LogP contribution is 2.48. The van der Waals surface area contributed by atoms with E-state index < -0.39 is 0 Å². The van der Waals surface area contributed by atoms with Gasteiger partial charge in [-0.3, -0.25) is 0 Å². The number of alkyl halides is 1. The second kappa shape index (κ2) is 3.83.